The van der Waals surface area contributed by atoms with Crippen LogP contribution in [0.2, 0.25) is 0 Å². The number of rotatable bonds is 5. The number of carbonyl (C=O) groups is 1. The van der Waals surface area contributed by atoms with Gasteiger partial charge in [0.2, 0.25) is 5.95 Å². The molecule has 0 atom stereocenters. The van der Waals surface area contributed by atoms with Crippen LogP contribution >= 0.6 is 0 Å². The molecule has 1 amide bonds. The molecule has 0 aliphatic carbocycles. The molecule has 9 heteroatoms. The van der Waals surface area contributed by atoms with Crippen molar-refractivity contribution in [3.8, 4) is 5.75 Å². The molecule has 1 fully saturated rings. The van der Waals surface area contributed by atoms with Crippen molar-refractivity contribution in [3.05, 3.63) is 30.0 Å². The van der Waals surface area contributed by atoms with E-state index < -0.39 is 0 Å². The van der Waals surface area contributed by atoms with Crippen molar-refractivity contribution in [2.75, 3.05) is 50.1 Å². The monoisotopic (exact) mass is 372 g/mol. The maximum atomic E-state index is 11.8. The van der Waals surface area contributed by atoms with Crippen LogP contribution in [-0.2, 0) is 4.74 Å². The van der Waals surface area contributed by atoms with E-state index >= 15 is 0 Å². The second kappa shape index (κ2) is 8.52. The van der Waals surface area contributed by atoms with Gasteiger partial charge >= 0.3 is 6.09 Å². The topological polar surface area (TPSA) is 92.7 Å². The maximum Gasteiger partial charge on any atom is 0.409 e. The molecule has 9 nitrogen and oxygen atoms in total. The van der Waals surface area contributed by atoms with Crippen LogP contribution in [0.1, 0.15) is 12.5 Å². The highest BCUT2D eigenvalue weighted by molar-refractivity contribution is 5.68. The number of carbonyl (C=O) groups excluding carboxylic acids is 1. The van der Waals surface area contributed by atoms with Gasteiger partial charge in [0.25, 0.3) is 0 Å². The summed E-state index contributed by atoms with van der Waals surface area (Å²) in [6.45, 7) is 6.56. The highest BCUT2D eigenvalue weighted by Gasteiger charge is 2.23. The number of nitrogens with zero attached hydrogens (tertiary/aromatic N) is 5. The zero-order chi connectivity index (χ0) is 19.2. The van der Waals surface area contributed by atoms with Crippen molar-refractivity contribution >= 4 is 23.5 Å². The number of ether oxygens (including phenoxy) is 2. The molecule has 0 saturated carbocycles. The van der Waals surface area contributed by atoms with Crippen molar-refractivity contribution in [1.82, 2.24) is 20.1 Å². The van der Waals surface area contributed by atoms with Gasteiger partial charge in [-0.1, -0.05) is 6.07 Å². The number of aryl methyl sites for hydroxylation is 1. The number of hydrogen-bond acceptors (Lipinski definition) is 8. The molecule has 2 aromatic rings. The normalized spacial score (nSPS) is 14.0. The SMILES string of the molecule is CCOC(=O)N1CCN(c2nncc(Nc3cc(C)ccc3OC)n2)CC1. The molecule has 0 bridgehead atoms. The Bertz CT molecular complexity index is 792. The van der Waals surface area contributed by atoms with E-state index in [-0.39, 0.29) is 6.09 Å². The van der Waals surface area contributed by atoms with Crippen LogP contribution in [0.3, 0.4) is 0 Å². The molecule has 0 unspecified atom stereocenters. The minimum absolute atomic E-state index is 0.279. The lowest BCUT2D eigenvalue weighted by Gasteiger charge is -2.33. The molecule has 1 aliphatic rings. The minimum Gasteiger partial charge on any atom is -0.495 e. The van der Waals surface area contributed by atoms with Gasteiger partial charge in [0.15, 0.2) is 5.82 Å². The summed E-state index contributed by atoms with van der Waals surface area (Å²) in [5.74, 6) is 1.83. The smallest absolute Gasteiger partial charge is 0.409 e. The molecule has 0 spiro atoms. The van der Waals surface area contributed by atoms with Crippen LogP contribution in [0.4, 0.5) is 22.2 Å². The summed E-state index contributed by atoms with van der Waals surface area (Å²) in [4.78, 5) is 20.0. The molecular formula is C18H24N6O3. The predicted octanol–water partition coefficient (Wildman–Crippen LogP) is 2.21. The first kappa shape index (κ1) is 18.7. The van der Waals surface area contributed by atoms with Crippen molar-refractivity contribution in [2.45, 2.75) is 13.8 Å². The van der Waals surface area contributed by atoms with E-state index in [4.69, 9.17) is 9.47 Å². The number of piperazine rings is 1. The summed E-state index contributed by atoms with van der Waals surface area (Å²) in [6.07, 6.45) is 1.29. The van der Waals surface area contributed by atoms with Crippen LogP contribution < -0.4 is 15.0 Å². The third-order valence-electron chi connectivity index (χ3n) is 4.25. The molecule has 1 N–H and O–H groups in total. The third-order valence-corrected chi connectivity index (χ3v) is 4.25. The van der Waals surface area contributed by atoms with E-state index in [9.17, 15) is 4.79 Å². The van der Waals surface area contributed by atoms with Gasteiger partial charge in [-0.3, -0.25) is 0 Å². The Labute approximate surface area is 158 Å². The van der Waals surface area contributed by atoms with Crippen LogP contribution in [0.5, 0.6) is 5.75 Å². The van der Waals surface area contributed by atoms with Crippen LogP contribution in [-0.4, -0.2) is 66.1 Å². The molecular weight excluding hydrogens is 348 g/mol. The Morgan fingerprint density at radius 1 is 1.26 bits per heavy atom. The van der Waals surface area contributed by atoms with E-state index in [1.54, 1.807) is 25.1 Å². The van der Waals surface area contributed by atoms with Crippen molar-refractivity contribution in [2.24, 2.45) is 0 Å². The molecule has 1 aliphatic heterocycles. The Morgan fingerprint density at radius 2 is 2.04 bits per heavy atom. The number of hydrogen-bond donors (Lipinski definition) is 1. The number of nitrogens with one attached hydrogen (secondary N) is 1. The molecule has 2 heterocycles. The predicted molar refractivity (Wildman–Crippen MR) is 102 cm³/mol. The second-order valence-electron chi connectivity index (χ2n) is 6.14. The van der Waals surface area contributed by atoms with Crippen LogP contribution in [0.25, 0.3) is 0 Å². The minimum atomic E-state index is -0.279. The quantitative estimate of drug-likeness (QED) is 0.854. The number of anilines is 3. The molecule has 27 heavy (non-hydrogen) atoms. The maximum absolute atomic E-state index is 11.8. The highest BCUT2D eigenvalue weighted by Crippen LogP contribution is 2.28. The number of benzene rings is 1. The van der Waals surface area contributed by atoms with Gasteiger partial charge in [-0.05, 0) is 31.5 Å². The summed E-state index contributed by atoms with van der Waals surface area (Å²) in [5, 5.41) is 11.4. The summed E-state index contributed by atoms with van der Waals surface area (Å²) in [5.41, 5.74) is 1.92. The molecule has 1 aromatic heterocycles. The largest absolute Gasteiger partial charge is 0.495 e. The average molecular weight is 372 g/mol. The number of amides is 1. The van der Waals surface area contributed by atoms with E-state index in [1.165, 1.54) is 0 Å². The summed E-state index contributed by atoms with van der Waals surface area (Å²) in [6, 6.07) is 5.87. The van der Waals surface area contributed by atoms with Gasteiger partial charge in [0, 0.05) is 26.2 Å². The van der Waals surface area contributed by atoms with Gasteiger partial charge in [0.1, 0.15) is 5.75 Å². The standard InChI is InChI=1S/C18H24N6O3/c1-4-27-18(25)24-9-7-23(8-10-24)17-21-16(12-19-22-17)20-14-11-13(2)5-6-15(14)26-3/h5-6,11-12H,4,7-10H2,1-3H3,(H,20,21,22). The average Bonchev–Trinajstić information content (AvgIpc) is 2.69. The molecule has 1 aromatic carbocycles. The molecule has 1 saturated heterocycles. The highest BCUT2D eigenvalue weighted by atomic mass is 16.6. The van der Waals surface area contributed by atoms with Gasteiger partial charge in [0.05, 0.1) is 25.6 Å². The lowest BCUT2D eigenvalue weighted by molar-refractivity contribution is 0.105. The van der Waals surface area contributed by atoms with E-state index in [1.807, 2.05) is 30.0 Å². The Balaban J connectivity index is 1.68. The van der Waals surface area contributed by atoms with E-state index in [2.05, 4.69) is 20.5 Å². The van der Waals surface area contributed by atoms with Gasteiger partial charge < -0.3 is 24.6 Å². The Morgan fingerprint density at radius 3 is 2.74 bits per heavy atom. The number of methoxy groups -OCH3 is 1. The fourth-order valence-electron chi connectivity index (χ4n) is 2.85. The van der Waals surface area contributed by atoms with Crippen molar-refractivity contribution in [3.63, 3.8) is 0 Å². The number of aromatic nitrogens is 3. The Kier molecular flexibility index (Phi) is 5.90. The second-order valence-corrected chi connectivity index (χ2v) is 6.14. The fourth-order valence-corrected chi connectivity index (χ4v) is 2.85. The zero-order valence-electron chi connectivity index (χ0n) is 15.8. The first-order chi connectivity index (χ1) is 13.1. The van der Waals surface area contributed by atoms with E-state index in [0.717, 1.165) is 17.0 Å². The van der Waals surface area contributed by atoms with E-state index in [0.29, 0.717) is 44.6 Å². The first-order valence-corrected chi connectivity index (χ1v) is 8.88. The zero-order valence-corrected chi connectivity index (χ0v) is 15.8. The summed E-state index contributed by atoms with van der Waals surface area (Å²) >= 11 is 0. The Hall–Kier alpha value is -3.10. The summed E-state index contributed by atoms with van der Waals surface area (Å²) in [7, 11) is 1.63. The van der Waals surface area contributed by atoms with Crippen molar-refractivity contribution < 1.29 is 14.3 Å². The molecule has 0 radical (unpaired) electrons. The van der Waals surface area contributed by atoms with Crippen LogP contribution in [0.15, 0.2) is 24.4 Å². The first-order valence-electron chi connectivity index (χ1n) is 8.88. The fraction of sp³-hybridized carbons (Fsp3) is 0.444. The third kappa shape index (κ3) is 4.55. The van der Waals surface area contributed by atoms with Crippen LogP contribution in [0, 0.1) is 6.92 Å². The lowest BCUT2D eigenvalue weighted by atomic mass is 10.2. The molecule has 144 valence electrons. The summed E-state index contributed by atoms with van der Waals surface area (Å²) < 4.78 is 10.4. The van der Waals surface area contributed by atoms with Gasteiger partial charge in [-0.2, -0.15) is 10.1 Å². The van der Waals surface area contributed by atoms with Crippen molar-refractivity contribution in [1.29, 1.82) is 0 Å². The van der Waals surface area contributed by atoms with Gasteiger partial charge in [-0.15, -0.1) is 5.10 Å². The van der Waals surface area contributed by atoms with Gasteiger partial charge in [-0.25, -0.2) is 4.79 Å². The molecule has 3 rings (SSSR count). The lowest BCUT2D eigenvalue weighted by Crippen LogP contribution is -2.49.